The molecule has 2 unspecified atom stereocenters. The highest BCUT2D eigenvalue weighted by molar-refractivity contribution is 4.79. The summed E-state index contributed by atoms with van der Waals surface area (Å²) in [5.74, 6) is 3.10. The predicted octanol–water partition coefficient (Wildman–Crippen LogP) is 3.86. The van der Waals surface area contributed by atoms with E-state index in [2.05, 4.69) is 20.8 Å². The Morgan fingerprint density at radius 1 is 1.18 bits per heavy atom. The molecule has 0 amide bonds. The average Bonchev–Trinajstić information content (AvgIpc) is 1.86. The summed E-state index contributed by atoms with van der Waals surface area (Å²) in [6.45, 7) is 7.01. The van der Waals surface area contributed by atoms with Crippen LogP contribution in [0.1, 0.15) is 52.9 Å². The van der Waals surface area contributed by atoms with Crippen LogP contribution in [0, 0.1) is 17.8 Å². The molecule has 0 heterocycles. The van der Waals surface area contributed by atoms with Crippen molar-refractivity contribution in [1.29, 1.82) is 0 Å². The monoisotopic (exact) mass is 154 g/mol. The van der Waals surface area contributed by atoms with Gasteiger partial charge in [0.05, 0.1) is 0 Å². The molecule has 1 fully saturated rings. The number of rotatable bonds is 4. The highest BCUT2D eigenvalue weighted by Crippen LogP contribution is 2.40. The maximum absolute atomic E-state index is 2.34. The van der Waals surface area contributed by atoms with Crippen molar-refractivity contribution in [3.05, 3.63) is 0 Å². The van der Waals surface area contributed by atoms with Crippen LogP contribution in [0.3, 0.4) is 0 Å². The van der Waals surface area contributed by atoms with Gasteiger partial charge in [0.15, 0.2) is 0 Å². The minimum atomic E-state index is 0.910. The molecule has 0 aromatic carbocycles. The van der Waals surface area contributed by atoms with E-state index < -0.39 is 0 Å². The minimum absolute atomic E-state index is 0.910. The van der Waals surface area contributed by atoms with Gasteiger partial charge in [-0.15, -0.1) is 0 Å². The van der Waals surface area contributed by atoms with E-state index >= 15 is 0 Å². The largest absolute Gasteiger partial charge is 0.0651 e. The lowest BCUT2D eigenvalue weighted by Gasteiger charge is -2.36. The van der Waals surface area contributed by atoms with Crippen molar-refractivity contribution in [2.24, 2.45) is 17.8 Å². The first kappa shape index (κ1) is 9.09. The molecule has 0 N–H and O–H groups in total. The van der Waals surface area contributed by atoms with E-state index in [1.807, 2.05) is 0 Å². The zero-order valence-electron chi connectivity index (χ0n) is 8.27. The van der Waals surface area contributed by atoms with Crippen LogP contribution in [0.2, 0.25) is 0 Å². The second kappa shape index (κ2) is 4.13. The van der Waals surface area contributed by atoms with Crippen molar-refractivity contribution in [2.45, 2.75) is 52.9 Å². The minimum Gasteiger partial charge on any atom is -0.0651 e. The fourth-order valence-corrected chi connectivity index (χ4v) is 2.10. The molecule has 0 saturated heterocycles. The van der Waals surface area contributed by atoms with Crippen LogP contribution in [0.5, 0.6) is 0 Å². The summed E-state index contributed by atoms with van der Waals surface area (Å²) in [4.78, 5) is 0. The zero-order chi connectivity index (χ0) is 8.27. The van der Waals surface area contributed by atoms with Crippen LogP contribution >= 0.6 is 0 Å². The van der Waals surface area contributed by atoms with Crippen LogP contribution in [-0.4, -0.2) is 0 Å². The fraction of sp³-hybridized carbons (Fsp3) is 1.00. The SMILES string of the molecule is CCC1CCC1CCC(C)C. The van der Waals surface area contributed by atoms with Crippen molar-refractivity contribution in [3.8, 4) is 0 Å². The van der Waals surface area contributed by atoms with Crippen LogP contribution in [0.4, 0.5) is 0 Å². The standard InChI is InChI=1S/C11H22/c1-4-10-7-8-11(10)6-5-9(2)3/h9-11H,4-8H2,1-3H3. The molecule has 11 heavy (non-hydrogen) atoms. The van der Waals surface area contributed by atoms with Gasteiger partial charge in [0.1, 0.15) is 0 Å². The van der Waals surface area contributed by atoms with Gasteiger partial charge in [-0.2, -0.15) is 0 Å². The van der Waals surface area contributed by atoms with Crippen molar-refractivity contribution >= 4 is 0 Å². The Kier molecular flexibility index (Phi) is 3.42. The smallest absolute Gasteiger partial charge is 0.0386 e. The van der Waals surface area contributed by atoms with Crippen LogP contribution in [0.15, 0.2) is 0 Å². The molecule has 0 spiro atoms. The first-order chi connectivity index (χ1) is 5.24. The molecule has 1 aliphatic carbocycles. The normalized spacial score (nSPS) is 30.5. The molecular formula is C11H22. The fourth-order valence-electron chi connectivity index (χ4n) is 2.10. The lowest BCUT2D eigenvalue weighted by Crippen LogP contribution is -2.25. The van der Waals surface area contributed by atoms with Crippen LogP contribution < -0.4 is 0 Å². The molecule has 1 saturated carbocycles. The molecule has 0 bridgehead atoms. The molecule has 0 nitrogen and oxygen atoms in total. The molecule has 0 heteroatoms. The third-order valence-electron chi connectivity index (χ3n) is 3.21. The first-order valence-corrected chi connectivity index (χ1v) is 5.24. The highest BCUT2D eigenvalue weighted by Gasteiger charge is 2.28. The summed E-state index contributed by atoms with van der Waals surface area (Å²) in [7, 11) is 0. The molecule has 1 aliphatic rings. The molecule has 2 atom stereocenters. The van der Waals surface area contributed by atoms with E-state index in [4.69, 9.17) is 0 Å². The number of hydrogen-bond acceptors (Lipinski definition) is 0. The summed E-state index contributed by atoms with van der Waals surface area (Å²) in [5.41, 5.74) is 0. The van der Waals surface area contributed by atoms with E-state index in [0.29, 0.717) is 0 Å². The Hall–Kier alpha value is 0. The van der Waals surface area contributed by atoms with Gasteiger partial charge in [0.25, 0.3) is 0 Å². The van der Waals surface area contributed by atoms with Crippen LogP contribution in [0.25, 0.3) is 0 Å². The molecule has 0 aromatic heterocycles. The molecule has 66 valence electrons. The Labute approximate surface area is 71.4 Å². The zero-order valence-corrected chi connectivity index (χ0v) is 8.27. The third-order valence-corrected chi connectivity index (χ3v) is 3.21. The lowest BCUT2D eigenvalue weighted by atomic mass is 9.69. The van der Waals surface area contributed by atoms with Gasteiger partial charge in [-0.3, -0.25) is 0 Å². The molecular weight excluding hydrogens is 132 g/mol. The third kappa shape index (κ3) is 2.50. The van der Waals surface area contributed by atoms with Crippen LogP contribution in [-0.2, 0) is 0 Å². The van der Waals surface area contributed by atoms with Gasteiger partial charge in [-0.05, 0) is 37.0 Å². The highest BCUT2D eigenvalue weighted by atomic mass is 14.3. The molecule has 0 aromatic rings. The molecule has 0 radical (unpaired) electrons. The Balaban J connectivity index is 2.07. The summed E-state index contributed by atoms with van der Waals surface area (Å²) < 4.78 is 0. The first-order valence-electron chi connectivity index (χ1n) is 5.24. The Morgan fingerprint density at radius 3 is 2.18 bits per heavy atom. The summed E-state index contributed by atoms with van der Waals surface area (Å²) in [5, 5.41) is 0. The second-order valence-electron chi connectivity index (χ2n) is 4.48. The van der Waals surface area contributed by atoms with E-state index in [1.54, 1.807) is 0 Å². The van der Waals surface area contributed by atoms with Crippen molar-refractivity contribution < 1.29 is 0 Å². The second-order valence-corrected chi connectivity index (χ2v) is 4.48. The van der Waals surface area contributed by atoms with Crippen molar-refractivity contribution in [3.63, 3.8) is 0 Å². The number of hydrogen-bond donors (Lipinski definition) is 0. The average molecular weight is 154 g/mol. The molecule has 1 rings (SSSR count). The maximum atomic E-state index is 2.34. The van der Waals surface area contributed by atoms with E-state index in [1.165, 1.54) is 32.1 Å². The summed E-state index contributed by atoms with van der Waals surface area (Å²) >= 11 is 0. The van der Waals surface area contributed by atoms with E-state index in [9.17, 15) is 0 Å². The predicted molar refractivity (Wildman–Crippen MR) is 50.6 cm³/mol. The van der Waals surface area contributed by atoms with Gasteiger partial charge in [0, 0.05) is 0 Å². The van der Waals surface area contributed by atoms with Gasteiger partial charge >= 0.3 is 0 Å². The summed E-state index contributed by atoms with van der Waals surface area (Å²) in [6.07, 6.45) is 7.39. The van der Waals surface area contributed by atoms with E-state index in [-0.39, 0.29) is 0 Å². The molecule has 0 aliphatic heterocycles. The summed E-state index contributed by atoms with van der Waals surface area (Å²) in [6, 6.07) is 0. The maximum Gasteiger partial charge on any atom is -0.0386 e. The lowest BCUT2D eigenvalue weighted by molar-refractivity contribution is 0.150. The van der Waals surface area contributed by atoms with Gasteiger partial charge in [-0.1, -0.05) is 33.6 Å². The van der Waals surface area contributed by atoms with Crippen molar-refractivity contribution in [1.82, 2.24) is 0 Å². The Bertz CT molecular complexity index is 103. The Morgan fingerprint density at radius 2 is 1.82 bits per heavy atom. The van der Waals surface area contributed by atoms with Gasteiger partial charge in [0.2, 0.25) is 0 Å². The van der Waals surface area contributed by atoms with Gasteiger partial charge in [-0.25, -0.2) is 0 Å². The topological polar surface area (TPSA) is 0 Å². The van der Waals surface area contributed by atoms with E-state index in [0.717, 1.165) is 17.8 Å². The van der Waals surface area contributed by atoms with Crippen molar-refractivity contribution in [2.75, 3.05) is 0 Å². The van der Waals surface area contributed by atoms with Gasteiger partial charge < -0.3 is 0 Å². The quantitative estimate of drug-likeness (QED) is 0.577.